The lowest BCUT2D eigenvalue weighted by atomic mass is 10.2. The second-order valence-electron chi connectivity index (χ2n) is 4.37. The van der Waals surface area contributed by atoms with E-state index >= 15 is 0 Å². The van der Waals surface area contributed by atoms with Gasteiger partial charge in [-0.1, -0.05) is 13.8 Å². The van der Waals surface area contributed by atoms with Crippen molar-refractivity contribution in [3.05, 3.63) is 0 Å². The van der Waals surface area contributed by atoms with Gasteiger partial charge in [0.25, 0.3) is 0 Å². The van der Waals surface area contributed by atoms with Crippen LogP contribution in [0.2, 0.25) is 0 Å². The molecule has 6 heteroatoms. The Morgan fingerprint density at radius 3 is 2.82 bits per heavy atom. The SMILES string of the molecule is CC(C)COCCOC(=O)C1CNC(=O)CN1. The minimum absolute atomic E-state index is 0.102. The predicted octanol–water partition coefficient (Wildman–Crippen LogP) is -0.710. The molecule has 0 aliphatic carbocycles. The van der Waals surface area contributed by atoms with Crippen LogP contribution in [0.4, 0.5) is 0 Å². The first-order chi connectivity index (χ1) is 8.09. The summed E-state index contributed by atoms with van der Waals surface area (Å²) in [6.07, 6.45) is 0. The molecule has 1 aliphatic heterocycles. The maximum absolute atomic E-state index is 11.5. The Balaban J connectivity index is 2.06. The van der Waals surface area contributed by atoms with E-state index in [0.29, 0.717) is 19.1 Å². The number of amides is 1. The maximum Gasteiger partial charge on any atom is 0.325 e. The Morgan fingerprint density at radius 2 is 2.24 bits per heavy atom. The van der Waals surface area contributed by atoms with Crippen LogP contribution < -0.4 is 10.6 Å². The van der Waals surface area contributed by atoms with Gasteiger partial charge in [0.15, 0.2) is 0 Å². The molecular weight excluding hydrogens is 224 g/mol. The van der Waals surface area contributed by atoms with Gasteiger partial charge in [-0.25, -0.2) is 0 Å². The number of hydrogen-bond acceptors (Lipinski definition) is 5. The minimum atomic E-state index is -0.446. The summed E-state index contributed by atoms with van der Waals surface area (Å²) < 4.78 is 10.3. The van der Waals surface area contributed by atoms with E-state index in [0.717, 1.165) is 0 Å². The van der Waals surface area contributed by atoms with Crippen molar-refractivity contribution in [3.63, 3.8) is 0 Å². The number of carbonyl (C=O) groups is 2. The largest absolute Gasteiger partial charge is 0.462 e. The van der Waals surface area contributed by atoms with Crippen LogP contribution in [-0.2, 0) is 19.1 Å². The molecule has 0 bridgehead atoms. The van der Waals surface area contributed by atoms with Gasteiger partial charge >= 0.3 is 5.97 Å². The van der Waals surface area contributed by atoms with Gasteiger partial charge in [0.2, 0.25) is 5.91 Å². The van der Waals surface area contributed by atoms with E-state index in [1.807, 2.05) is 0 Å². The fourth-order valence-corrected chi connectivity index (χ4v) is 1.35. The lowest BCUT2D eigenvalue weighted by molar-refractivity contribution is -0.148. The number of nitrogens with one attached hydrogen (secondary N) is 2. The average Bonchev–Trinajstić information content (AvgIpc) is 2.29. The molecule has 0 aromatic carbocycles. The van der Waals surface area contributed by atoms with Gasteiger partial charge < -0.3 is 14.8 Å². The van der Waals surface area contributed by atoms with Crippen LogP contribution >= 0.6 is 0 Å². The zero-order valence-electron chi connectivity index (χ0n) is 10.3. The lowest BCUT2D eigenvalue weighted by Gasteiger charge is -2.22. The third kappa shape index (κ3) is 5.65. The molecule has 1 fully saturated rings. The van der Waals surface area contributed by atoms with Crippen molar-refractivity contribution >= 4 is 11.9 Å². The van der Waals surface area contributed by atoms with Crippen LogP contribution in [0.3, 0.4) is 0 Å². The molecule has 0 aromatic rings. The molecule has 0 aromatic heterocycles. The fourth-order valence-electron chi connectivity index (χ4n) is 1.35. The molecule has 1 rings (SSSR count). The highest BCUT2D eigenvalue weighted by molar-refractivity contribution is 5.83. The predicted molar refractivity (Wildman–Crippen MR) is 61.4 cm³/mol. The molecule has 6 nitrogen and oxygen atoms in total. The topological polar surface area (TPSA) is 76.7 Å². The van der Waals surface area contributed by atoms with Crippen LogP contribution in [0.1, 0.15) is 13.8 Å². The van der Waals surface area contributed by atoms with Gasteiger partial charge in [-0.15, -0.1) is 0 Å². The summed E-state index contributed by atoms with van der Waals surface area (Å²) in [4.78, 5) is 22.4. The number of hydrogen-bond donors (Lipinski definition) is 2. The van der Waals surface area contributed by atoms with E-state index in [-0.39, 0.29) is 31.6 Å². The van der Waals surface area contributed by atoms with E-state index in [1.54, 1.807) is 0 Å². The molecule has 0 saturated carbocycles. The van der Waals surface area contributed by atoms with Crippen LogP contribution in [0.15, 0.2) is 0 Å². The molecular formula is C11H20N2O4. The zero-order valence-corrected chi connectivity index (χ0v) is 10.3. The van der Waals surface area contributed by atoms with Crippen LogP contribution in [0, 0.1) is 5.92 Å². The van der Waals surface area contributed by atoms with E-state index in [2.05, 4.69) is 24.5 Å². The lowest BCUT2D eigenvalue weighted by Crippen LogP contribution is -2.55. The highest BCUT2D eigenvalue weighted by atomic mass is 16.6. The highest BCUT2D eigenvalue weighted by Gasteiger charge is 2.24. The van der Waals surface area contributed by atoms with Gasteiger partial charge in [-0.3, -0.25) is 14.9 Å². The van der Waals surface area contributed by atoms with Crippen LogP contribution in [0.5, 0.6) is 0 Å². The van der Waals surface area contributed by atoms with Gasteiger partial charge in [0.05, 0.1) is 13.2 Å². The molecule has 1 saturated heterocycles. The second-order valence-corrected chi connectivity index (χ2v) is 4.37. The Labute approximate surface area is 101 Å². The zero-order chi connectivity index (χ0) is 12.7. The maximum atomic E-state index is 11.5. The molecule has 2 N–H and O–H groups in total. The summed E-state index contributed by atoms with van der Waals surface area (Å²) in [6, 6.07) is -0.446. The molecule has 0 spiro atoms. The molecule has 1 aliphatic rings. The van der Waals surface area contributed by atoms with Crippen molar-refractivity contribution in [3.8, 4) is 0 Å². The molecule has 17 heavy (non-hydrogen) atoms. The number of piperazine rings is 1. The molecule has 1 amide bonds. The third-order valence-corrected chi connectivity index (χ3v) is 2.22. The molecule has 1 heterocycles. The van der Waals surface area contributed by atoms with Crippen LogP contribution in [0.25, 0.3) is 0 Å². The summed E-state index contributed by atoms with van der Waals surface area (Å²) in [6.45, 7) is 5.87. The molecule has 1 unspecified atom stereocenters. The van der Waals surface area contributed by atoms with E-state index in [4.69, 9.17) is 9.47 Å². The summed E-state index contributed by atoms with van der Waals surface area (Å²) in [5.41, 5.74) is 0. The summed E-state index contributed by atoms with van der Waals surface area (Å²) >= 11 is 0. The first-order valence-corrected chi connectivity index (χ1v) is 5.84. The van der Waals surface area contributed by atoms with Gasteiger partial charge in [0.1, 0.15) is 12.6 Å². The first kappa shape index (κ1) is 13.9. The molecule has 1 atom stereocenters. The van der Waals surface area contributed by atoms with Crippen molar-refractivity contribution in [2.45, 2.75) is 19.9 Å². The third-order valence-electron chi connectivity index (χ3n) is 2.22. The van der Waals surface area contributed by atoms with Crippen molar-refractivity contribution in [1.82, 2.24) is 10.6 Å². The average molecular weight is 244 g/mol. The number of esters is 1. The van der Waals surface area contributed by atoms with Gasteiger partial charge in [0, 0.05) is 13.2 Å². The minimum Gasteiger partial charge on any atom is -0.462 e. The second kappa shape index (κ2) is 7.24. The Hall–Kier alpha value is -1.14. The van der Waals surface area contributed by atoms with Crippen molar-refractivity contribution in [2.75, 3.05) is 32.9 Å². The van der Waals surface area contributed by atoms with E-state index < -0.39 is 6.04 Å². The van der Waals surface area contributed by atoms with Crippen molar-refractivity contribution in [1.29, 1.82) is 0 Å². The summed E-state index contributed by atoms with van der Waals surface area (Å²) in [7, 11) is 0. The number of carbonyl (C=O) groups excluding carboxylic acids is 2. The Kier molecular flexibility index (Phi) is 5.93. The first-order valence-electron chi connectivity index (χ1n) is 5.84. The quantitative estimate of drug-likeness (QED) is 0.477. The molecule has 98 valence electrons. The monoisotopic (exact) mass is 244 g/mol. The Morgan fingerprint density at radius 1 is 1.47 bits per heavy atom. The Bertz CT molecular complexity index is 258. The summed E-state index contributed by atoms with van der Waals surface area (Å²) in [5.74, 6) is 0.0217. The standard InChI is InChI=1S/C11H20N2O4/c1-8(2)7-16-3-4-17-11(15)9-5-13-10(14)6-12-9/h8-9,12H,3-7H2,1-2H3,(H,13,14). The van der Waals surface area contributed by atoms with Crippen molar-refractivity contribution < 1.29 is 19.1 Å². The van der Waals surface area contributed by atoms with E-state index in [1.165, 1.54) is 0 Å². The number of ether oxygens (including phenoxy) is 2. The van der Waals surface area contributed by atoms with Crippen LogP contribution in [-0.4, -0.2) is 50.8 Å². The van der Waals surface area contributed by atoms with Crippen molar-refractivity contribution in [2.24, 2.45) is 5.92 Å². The fraction of sp³-hybridized carbons (Fsp3) is 0.818. The summed E-state index contributed by atoms with van der Waals surface area (Å²) in [5, 5.41) is 5.40. The smallest absolute Gasteiger partial charge is 0.325 e. The number of rotatable bonds is 6. The van der Waals surface area contributed by atoms with Gasteiger partial charge in [-0.05, 0) is 5.92 Å². The highest BCUT2D eigenvalue weighted by Crippen LogP contribution is 1.94. The molecule has 0 radical (unpaired) electrons. The van der Waals surface area contributed by atoms with Gasteiger partial charge in [-0.2, -0.15) is 0 Å². The normalized spacial score (nSPS) is 20.2. The van der Waals surface area contributed by atoms with E-state index in [9.17, 15) is 9.59 Å².